The first kappa shape index (κ1) is 17.7. The zero-order valence-electron chi connectivity index (χ0n) is 15.7. The number of ether oxygens (including phenoxy) is 2. The molecule has 7 heteroatoms. The molecule has 0 saturated heterocycles. The van der Waals surface area contributed by atoms with Crippen LogP contribution in [-0.2, 0) is 0 Å². The molecule has 3 aromatic rings. The number of rotatable bonds is 3. The molecule has 29 heavy (non-hydrogen) atoms. The summed E-state index contributed by atoms with van der Waals surface area (Å²) in [6, 6.07) is 11.3. The molecule has 1 amide bonds. The van der Waals surface area contributed by atoms with E-state index in [-0.39, 0.29) is 11.7 Å². The molecule has 0 bridgehead atoms. The van der Waals surface area contributed by atoms with Crippen LogP contribution in [0.5, 0.6) is 11.5 Å². The zero-order chi connectivity index (χ0) is 19.8. The summed E-state index contributed by atoms with van der Waals surface area (Å²) in [5.41, 5.74) is 2.19. The van der Waals surface area contributed by atoms with Crippen LogP contribution in [0.3, 0.4) is 0 Å². The minimum absolute atomic E-state index is 0.315. The zero-order valence-corrected chi connectivity index (χ0v) is 15.7. The first-order chi connectivity index (χ1) is 14.1. The summed E-state index contributed by atoms with van der Waals surface area (Å²) in [4.78, 5) is 12.8. The topological polar surface area (TPSA) is 76.2 Å². The van der Waals surface area contributed by atoms with Crippen LogP contribution < -0.4 is 14.8 Å². The van der Waals surface area contributed by atoms with E-state index in [9.17, 15) is 9.18 Å². The lowest BCUT2D eigenvalue weighted by atomic mass is 9.94. The molecule has 1 aromatic heterocycles. The van der Waals surface area contributed by atoms with Crippen LogP contribution in [0.4, 0.5) is 10.1 Å². The average molecular weight is 393 g/mol. The van der Waals surface area contributed by atoms with E-state index in [4.69, 9.17) is 9.47 Å². The minimum atomic E-state index is -0.552. The minimum Gasteiger partial charge on any atom is -0.448 e. The summed E-state index contributed by atoms with van der Waals surface area (Å²) in [7, 11) is 0. The number of carbonyl (C=O) groups is 1. The van der Waals surface area contributed by atoms with Gasteiger partial charge in [0.25, 0.3) is 11.7 Å². The van der Waals surface area contributed by atoms with E-state index in [0.717, 1.165) is 25.7 Å². The van der Waals surface area contributed by atoms with Crippen LogP contribution in [-0.4, -0.2) is 21.9 Å². The van der Waals surface area contributed by atoms with Gasteiger partial charge in [-0.15, -0.1) is 0 Å². The number of nitrogens with one attached hydrogen (secondary N) is 2. The molecular weight excluding hydrogens is 373 g/mol. The highest BCUT2D eigenvalue weighted by Crippen LogP contribution is 2.46. The Kier molecular flexibility index (Phi) is 4.23. The fourth-order valence-corrected chi connectivity index (χ4v) is 3.96. The van der Waals surface area contributed by atoms with Gasteiger partial charge in [0.05, 0.1) is 17.5 Å². The first-order valence-electron chi connectivity index (χ1n) is 9.75. The molecule has 0 atom stereocenters. The van der Waals surface area contributed by atoms with Gasteiger partial charge in [-0.3, -0.25) is 9.89 Å². The Hall–Kier alpha value is -3.35. The Balaban J connectivity index is 1.35. The second-order valence-electron chi connectivity index (χ2n) is 7.46. The van der Waals surface area contributed by atoms with Crippen LogP contribution in [0.25, 0.3) is 11.3 Å². The standard InChI is InChI=1S/C22H20FN3O3/c23-15-6-4-14(5-7-15)20-17(13-24-26-20)21(27)25-16-8-9-18-19(12-16)29-22(28-18)10-2-1-3-11-22/h4-9,12-13H,1-3,10-11H2,(H,24,26)(H,25,27). The normalized spacial score (nSPS) is 16.7. The van der Waals surface area contributed by atoms with Gasteiger partial charge in [0, 0.05) is 30.2 Å². The maximum atomic E-state index is 13.2. The molecule has 1 saturated carbocycles. The van der Waals surface area contributed by atoms with Gasteiger partial charge in [-0.2, -0.15) is 5.10 Å². The van der Waals surface area contributed by atoms with Crippen molar-refractivity contribution in [1.29, 1.82) is 0 Å². The molecule has 0 radical (unpaired) electrons. The van der Waals surface area contributed by atoms with E-state index >= 15 is 0 Å². The average Bonchev–Trinajstić information content (AvgIpc) is 3.33. The van der Waals surface area contributed by atoms with Crippen molar-refractivity contribution in [2.24, 2.45) is 0 Å². The predicted octanol–water partition coefficient (Wildman–Crippen LogP) is 4.90. The third-order valence-electron chi connectivity index (χ3n) is 5.43. The predicted molar refractivity (Wildman–Crippen MR) is 105 cm³/mol. The highest BCUT2D eigenvalue weighted by Gasteiger charge is 2.42. The number of nitrogens with zero attached hydrogens (tertiary/aromatic N) is 1. The van der Waals surface area contributed by atoms with Crippen molar-refractivity contribution in [3.05, 3.63) is 60.0 Å². The summed E-state index contributed by atoms with van der Waals surface area (Å²) in [6.07, 6.45) is 6.58. The second kappa shape index (κ2) is 6.92. The lowest BCUT2D eigenvalue weighted by molar-refractivity contribution is -0.105. The maximum Gasteiger partial charge on any atom is 0.259 e. The van der Waals surface area contributed by atoms with Gasteiger partial charge in [-0.25, -0.2) is 4.39 Å². The number of amides is 1. The number of anilines is 1. The molecule has 0 unspecified atom stereocenters. The Bertz CT molecular complexity index is 1060. The molecule has 1 aliphatic carbocycles. The van der Waals surface area contributed by atoms with Crippen molar-refractivity contribution in [3.8, 4) is 22.8 Å². The lowest BCUT2D eigenvalue weighted by Crippen LogP contribution is -2.40. The summed E-state index contributed by atoms with van der Waals surface area (Å²) in [6.45, 7) is 0. The highest BCUT2D eigenvalue weighted by molar-refractivity contribution is 6.08. The van der Waals surface area contributed by atoms with E-state index in [0.29, 0.717) is 34.0 Å². The number of benzene rings is 2. The van der Waals surface area contributed by atoms with Crippen LogP contribution in [0, 0.1) is 5.82 Å². The van der Waals surface area contributed by atoms with Gasteiger partial charge in [0.2, 0.25) is 0 Å². The molecule has 2 aliphatic rings. The Morgan fingerprint density at radius 3 is 2.59 bits per heavy atom. The van der Waals surface area contributed by atoms with E-state index < -0.39 is 5.79 Å². The van der Waals surface area contributed by atoms with Gasteiger partial charge in [-0.1, -0.05) is 6.42 Å². The molecule has 1 fully saturated rings. The summed E-state index contributed by atoms with van der Waals surface area (Å²) < 4.78 is 25.4. The number of aromatic amines is 1. The van der Waals surface area contributed by atoms with Crippen molar-refractivity contribution in [1.82, 2.24) is 10.2 Å². The quantitative estimate of drug-likeness (QED) is 0.664. The highest BCUT2D eigenvalue weighted by atomic mass is 19.1. The molecule has 5 rings (SSSR count). The lowest BCUT2D eigenvalue weighted by Gasteiger charge is -2.31. The van der Waals surface area contributed by atoms with Gasteiger partial charge in [-0.05, 0) is 49.2 Å². The van der Waals surface area contributed by atoms with Gasteiger partial charge < -0.3 is 14.8 Å². The van der Waals surface area contributed by atoms with Crippen molar-refractivity contribution < 1.29 is 18.7 Å². The fraction of sp³-hybridized carbons (Fsp3) is 0.273. The molecule has 1 aliphatic heterocycles. The number of hydrogen-bond donors (Lipinski definition) is 2. The Labute approximate surface area is 167 Å². The third-order valence-corrected chi connectivity index (χ3v) is 5.43. The summed E-state index contributed by atoms with van der Waals surface area (Å²) >= 11 is 0. The van der Waals surface area contributed by atoms with Crippen molar-refractivity contribution in [3.63, 3.8) is 0 Å². The SMILES string of the molecule is O=C(Nc1ccc2c(c1)OC1(CCCCC1)O2)c1cn[nH]c1-c1ccc(F)cc1. The molecule has 2 aromatic carbocycles. The molecule has 6 nitrogen and oxygen atoms in total. The number of hydrogen-bond acceptors (Lipinski definition) is 4. The van der Waals surface area contributed by atoms with Crippen LogP contribution in [0.1, 0.15) is 42.5 Å². The first-order valence-corrected chi connectivity index (χ1v) is 9.75. The largest absolute Gasteiger partial charge is 0.448 e. The molecule has 148 valence electrons. The molecular formula is C22H20FN3O3. The van der Waals surface area contributed by atoms with Crippen molar-refractivity contribution in [2.75, 3.05) is 5.32 Å². The van der Waals surface area contributed by atoms with Gasteiger partial charge in [0.15, 0.2) is 11.5 Å². The number of H-pyrrole nitrogens is 1. The monoisotopic (exact) mass is 393 g/mol. The smallest absolute Gasteiger partial charge is 0.259 e. The Morgan fingerprint density at radius 1 is 1.03 bits per heavy atom. The van der Waals surface area contributed by atoms with Gasteiger partial charge in [0.1, 0.15) is 5.82 Å². The molecule has 1 spiro atoms. The van der Waals surface area contributed by atoms with E-state index in [1.54, 1.807) is 24.3 Å². The van der Waals surface area contributed by atoms with E-state index in [2.05, 4.69) is 15.5 Å². The number of halogens is 1. The summed E-state index contributed by atoms with van der Waals surface area (Å²) in [5.74, 6) is 0.152. The summed E-state index contributed by atoms with van der Waals surface area (Å²) in [5, 5.41) is 9.66. The maximum absolute atomic E-state index is 13.2. The van der Waals surface area contributed by atoms with Crippen LogP contribution >= 0.6 is 0 Å². The Morgan fingerprint density at radius 2 is 1.79 bits per heavy atom. The van der Waals surface area contributed by atoms with Crippen molar-refractivity contribution in [2.45, 2.75) is 37.9 Å². The third kappa shape index (κ3) is 3.33. The number of aromatic nitrogens is 2. The van der Waals surface area contributed by atoms with Crippen LogP contribution in [0.15, 0.2) is 48.7 Å². The van der Waals surface area contributed by atoms with Gasteiger partial charge >= 0.3 is 0 Å². The van der Waals surface area contributed by atoms with Crippen LogP contribution in [0.2, 0.25) is 0 Å². The van der Waals surface area contributed by atoms with Crippen molar-refractivity contribution >= 4 is 11.6 Å². The van der Waals surface area contributed by atoms with E-state index in [1.165, 1.54) is 24.8 Å². The molecule has 2 N–H and O–H groups in total. The number of fused-ring (bicyclic) bond motifs is 1. The molecule has 2 heterocycles. The second-order valence-corrected chi connectivity index (χ2v) is 7.46. The fourth-order valence-electron chi connectivity index (χ4n) is 3.96. The van der Waals surface area contributed by atoms with E-state index in [1.807, 2.05) is 6.07 Å². The number of carbonyl (C=O) groups excluding carboxylic acids is 1.